The van der Waals surface area contributed by atoms with Crippen molar-refractivity contribution in [3.63, 3.8) is 0 Å². The maximum absolute atomic E-state index is 10.5. The van der Waals surface area contributed by atoms with Crippen molar-refractivity contribution in [3.05, 3.63) is 46.0 Å². The molecule has 0 atom stereocenters. The second-order valence-electron chi connectivity index (χ2n) is 6.88. The van der Waals surface area contributed by atoms with Crippen LogP contribution in [0.25, 0.3) is 16.8 Å². The molecule has 2 aromatic rings. The molecule has 1 aromatic carbocycles. The Kier molecular flexibility index (Phi) is 4.34. The van der Waals surface area contributed by atoms with Gasteiger partial charge in [0.2, 0.25) is 0 Å². The van der Waals surface area contributed by atoms with E-state index in [-0.39, 0.29) is 0 Å². The number of benzene rings is 1. The first-order valence-corrected chi connectivity index (χ1v) is 9.77. The van der Waals surface area contributed by atoms with Crippen molar-refractivity contribution in [3.8, 4) is 11.3 Å². The molecule has 1 saturated carbocycles. The van der Waals surface area contributed by atoms with Crippen LogP contribution in [-0.4, -0.2) is 33.4 Å². The number of amidine groups is 1. The summed E-state index contributed by atoms with van der Waals surface area (Å²) >= 11 is 1.57. The van der Waals surface area contributed by atoms with E-state index >= 15 is 0 Å². The Hall–Kier alpha value is -2.14. The number of hydrogen-bond acceptors (Lipinski definition) is 4. The number of aliphatic hydroxyl groups excluding tert-OH is 1. The molecule has 0 amide bonds. The predicted octanol–water partition coefficient (Wildman–Crippen LogP) is 5.01. The maximum Gasteiger partial charge on any atom is 0.135 e. The molecule has 130 valence electrons. The van der Waals surface area contributed by atoms with Crippen molar-refractivity contribution in [2.75, 3.05) is 6.54 Å². The van der Waals surface area contributed by atoms with Gasteiger partial charge in [-0.1, -0.05) is 49.6 Å². The van der Waals surface area contributed by atoms with Gasteiger partial charge in [0.05, 0.1) is 17.8 Å². The van der Waals surface area contributed by atoms with E-state index < -0.39 is 0 Å². The Bertz CT molecular complexity index is 819. The lowest BCUT2D eigenvalue weighted by atomic mass is 9.94. The van der Waals surface area contributed by atoms with E-state index in [1.165, 1.54) is 19.3 Å². The molecule has 4 rings (SSSR count). The predicted molar refractivity (Wildman–Crippen MR) is 103 cm³/mol. The Morgan fingerprint density at radius 2 is 1.88 bits per heavy atom. The summed E-state index contributed by atoms with van der Waals surface area (Å²) in [6, 6.07) is 10.5. The highest BCUT2D eigenvalue weighted by atomic mass is 32.1. The quantitative estimate of drug-likeness (QED) is 0.815. The van der Waals surface area contributed by atoms with Crippen LogP contribution >= 0.6 is 11.3 Å². The first-order valence-electron chi connectivity index (χ1n) is 8.96. The summed E-state index contributed by atoms with van der Waals surface area (Å²) in [7, 11) is 0. The summed E-state index contributed by atoms with van der Waals surface area (Å²) in [4.78, 5) is 7.96. The lowest BCUT2D eigenvalue weighted by Gasteiger charge is -2.32. The van der Waals surface area contributed by atoms with E-state index in [4.69, 9.17) is 10.4 Å². The van der Waals surface area contributed by atoms with Gasteiger partial charge in [0, 0.05) is 16.5 Å². The smallest absolute Gasteiger partial charge is 0.135 e. The number of thiazole rings is 1. The Balaban J connectivity index is 1.63. The SMILES string of the molecule is Cc1sc(C2=C(O)CN(C3CCCCC3)C2=N)nc1-c1ccccc1. The molecule has 1 aromatic heterocycles. The maximum atomic E-state index is 10.5. The van der Waals surface area contributed by atoms with Crippen LogP contribution in [0, 0.1) is 12.3 Å². The zero-order valence-electron chi connectivity index (χ0n) is 14.5. The van der Waals surface area contributed by atoms with E-state index in [0.717, 1.165) is 34.0 Å². The standard InChI is InChI=1S/C20H23N3OS/c1-13-18(14-8-4-2-5-9-14)22-20(25-13)17-16(24)12-23(19(17)21)15-10-6-3-7-11-15/h2,4-5,8-9,15,21,24H,3,6-7,10-12H2,1H3. The normalized spacial score (nSPS) is 19.1. The molecule has 25 heavy (non-hydrogen) atoms. The van der Waals surface area contributed by atoms with Gasteiger partial charge in [0.15, 0.2) is 0 Å². The van der Waals surface area contributed by atoms with E-state index in [9.17, 15) is 5.11 Å². The van der Waals surface area contributed by atoms with Gasteiger partial charge in [-0.3, -0.25) is 5.41 Å². The third-order valence-electron chi connectivity index (χ3n) is 5.21. The van der Waals surface area contributed by atoms with E-state index in [2.05, 4.69) is 11.8 Å². The van der Waals surface area contributed by atoms with Crippen LogP contribution in [0.3, 0.4) is 0 Å². The molecule has 1 fully saturated rings. The van der Waals surface area contributed by atoms with Crippen molar-refractivity contribution < 1.29 is 5.11 Å². The Morgan fingerprint density at radius 3 is 2.60 bits per heavy atom. The van der Waals surface area contributed by atoms with Gasteiger partial charge >= 0.3 is 0 Å². The minimum Gasteiger partial charge on any atom is -0.510 e. The van der Waals surface area contributed by atoms with Gasteiger partial charge in [-0.05, 0) is 19.8 Å². The minimum atomic E-state index is 0.295. The van der Waals surface area contributed by atoms with E-state index in [1.54, 1.807) is 11.3 Å². The molecule has 1 aliphatic heterocycles. The zero-order valence-corrected chi connectivity index (χ0v) is 15.3. The first kappa shape index (κ1) is 16.3. The summed E-state index contributed by atoms with van der Waals surface area (Å²) in [6.45, 7) is 2.51. The number of nitrogens with zero attached hydrogens (tertiary/aromatic N) is 2. The fraction of sp³-hybridized carbons (Fsp3) is 0.400. The topological polar surface area (TPSA) is 60.2 Å². The van der Waals surface area contributed by atoms with Gasteiger partial charge in [-0.25, -0.2) is 4.98 Å². The summed E-state index contributed by atoms with van der Waals surface area (Å²) in [5, 5.41) is 19.9. The van der Waals surface area contributed by atoms with Crippen LogP contribution in [0.5, 0.6) is 0 Å². The van der Waals surface area contributed by atoms with Crippen LogP contribution in [0.2, 0.25) is 0 Å². The van der Waals surface area contributed by atoms with Crippen molar-refractivity contribution in [2.24, 2.45) is 0 Å². The summed E-state index contributed by atoms with van der Waals surface area (Å²) in [5.74, 6) is 0.738. The van der Waals surface area contributed by atoms with Crippen LogP contribution in [0.1, 0.15) is 42.0 Å². The largest absolute Gasteiger partial charge is 0.510 e. The number of aromatic nitrogens is 1. The highest BCUT2D eigenvalue weighted by Crippen LogP contribution is 2.37. The van der Waals surface area contributed by atoms with Crippen LogP contribution in [0.15, 0.2) is 36.1 Å². The first-order chi connectivity index (χ1) is 12.1. The van der Waals surface area contributed by atoms with Gasteiger partial charge in [-0.15, -0.1) is 11.3 Å². The van der Waals surface area contributed by atoms with Gasteiger partial charge < -0.3 is 10.0 Å². The summed E-state index contributed by atoms with van der Waals surface area (Å²) in [6.07, 6.45) is 5.97. The average Bonchev–Trinajstić information content (AvgIpc) is 3.16. The number of aryl methyl sites for hydroxylation is 1. The molecule has 5 heteroatoms. The molecule has 0 spiro atoms. The highest BCUT2D eigenvalue weighted by Gasteiger charge is 2.35. The lowest BCUT2D eigenvalue weighted by molar-refractivity contribution is 0.241. The molecule has 0 bridgehead atoms. The second kappa shape index (κ2) is 6.64. The molecule has 2 heterocycles. The second-order valence-corrected chi connectivity index (χ2v) is 8.08. The Labute approximate surface area is 152 Å². The molecule has 0 radical (unpaired) electrons. The number of hydrogen-bond donors (Lipinski definition) is 2. The third-order valence-corrected chi connectivity index (χ3v) is 6.19. The molecule has 1 aliphatic carbocycles. The molecule has 0 unspecified atom stereocenters. The van der Waals surface area contributed by atoms with Crippen molar-refractivity contribution in [1.82, 2.24) is 9.88 Å². The minimum absolute atomic E-state index is 0.295. The lowest BCUT2D eigenvalue weighted by Crippen LogP contribution is -2.38. The van der Waals surface area contributed by atoms with Crippen LogP contribution in [-0.2, 0) is 0 Å². The molecule has 2 aliphatic rings. The molecular formula is C20H23N3OS. The fourth-order valence-electron chi connectivity index (χ4n) is 3.90. The zero-order chi connectivity index (χ0) is 17.4. The van der Waals surface area contributed by atoms with Crippen molar-refractivity contribution >= 4 is 22.7 Å². The highest BCUT2D eigenvalue weighted by molar-refractivity contribution is 7.13. The summed E-state index contributed by atoms with van der Waals surface area (Å²) < 4.78 is 0. The van der Waals surface area contributed by atoms with Gasteiger partial charge in [-0.2, -0.15) is 0 Å². The van der Waals surface area contributed by atoms with Gasteiger partial charge in [0.1, 0.15) is 16.6 Å². The van der Waals surface area contributed by atoms with Crippen molar-refractivity contribution in [1.29, 1.82) is 5.41 Å². The van der Waals surface area contributed by atoms with E-state index in [1.807, 2.05) is 30.3 Å². The van der Waals surface area contributed by atoms with Crippen LogP contribution in [0.4, 0.5) is 0 Å². The number of aliphatic hydroxyl groups is 1. The third kappa shape index (κ3) is 2.97. The molecule has 4 nitrogen and oxygen atoms in total. The van der Waals surface area contributed by atoms with Crippen molar-refractivity contribution in [2.45, 2.75) is 45.1 Å². The number of nitrogens with one attached hydrogen (secondary N) is 1. The summed E-state index contributed by atoms with van der Waals surface area (Å²) in [5.41, 5.74) is 2.65. The average molecular weight is 353 g/mol. The van der Waals surface area contributed by atoms with Gasteiger partial charge in [0.25, 0.3) is 0 Å². The number of rotatable bonds is 3. The molecule has 0 saturated heterocycles. The molecular weight excluding hydrogens is 330 g/mol. The molecule has 2 N–H and O–H groups in total. The van der Waals surface area contributed by atoms with E-state index in [0.29, 0.717) is 29.8 Å². The Morgan fingerprint density at radius 1 is 1.16 bits per heavy atom. The fourth-order valence-corrected chi connectivity index (χ4v) is 4.90. The van der Waals surface area contributed by atoms with Crippen LogP contribution < -0.4 is 0 Å². The monoisotopic (exact) mass is 353 g/mol.